The lowest BCUT2D eigenvalue weighted by Gasteiger charge is -2.24. The van der Waals surface area contributed by atoms with E-state index in [1.54, 1.807) is 24.3 Å². The van der Waals surface area contributed by atoms with E-state index in [1.165, 1.54) is 3.71 Å². The first kappa shape index (κ1) is 13.2. The van der Waals surface area contributed by atoms with Crippen molar-refractivity contribution in [3.05, 3.63) is 38.7 Å². The van der Waals surface area contributed by atoms with E-state index in [4.69, 9.17) is 39.0 Å². The molecule has 17 heavy (non-hydrogen) atoms. The average Bonchev–Trinajstić information content (AvgIpc) is 2.33. The molecule has 0 spiro atoms. The summed E-state index contributed by atoms with van der Waals surface area (Å²) >= 11 is 18.5. The van der Waals surface area contributed by atoms with E-state index >= 15 is 0 Å². The molecule has 2 rings (SSSR count). The Hall–Kier alpha value is -0.200. The van der Waals surface area contributed by atoms with Crippen LogP contribution in [0.25, 0.3) is 0 Å². The minimum absolute atomic E-state index is 0.0936. The van der Waals surface area contributed by atoms with Crippen LogP contribution in [0, 0.1) is 0 Å². The summed E-state index contributed by atoms with van der Waals surface area (Å²) in [6, 6.07) is 6.93. The lowest BCUT2D eigenvalue weighted by Crippen LogP contribution is -2.23. The molecule has 8 heteroatoms. The van der Waals surface area contributed by atoms with Crippen molar-refractivity contribution in [3.63, 3.8) is 0 Å². The van der Waals surface area contributed by atoms with Crippen molar-refractivity contribution >= 4 is 64.9 Å². The first-order valence-electron chi connectivity index (χ1n) is 4.26. The van der Waals surface area contributed by atoms with Gasteiger partial charge < -0.3 is 4.18 Å². The van der Waals surface area contributed by atoms with Gasteiger partial charge in [-0.15, -0.1) is 0 Å². The number of rotatable bonds is 2. The standard InChI is InChI=1S/C9H4Cl3NO2S2/c10-7(11)8(12)16-13-9(14)5-3-1-2-4-6(5)15-17-13/h1-4H. The van der Waals surface area contributed by atoms with E-state index < -0.39 is 0 Å². The minimum Gasteiger partial charge on any atom is -0.404 e. The first-order chi connectivity index (χ1) is 8.09. The highest BCUT2D eigenvalue weighted by atomic mass is 35.5. The zero-order valence-corrected chi connectivity index (χ0v) is 11.9. The lowest BCUT2D eigenvalue weighted by atomic mass is 10.2. The van der Waals surface area contributed by atoms with E-state index in [9.17, 15) is 4.79 Å². The molecule has 1 aliphatic rings. The first-order valence-corrected chi connectivity index (χ1v) is 6.87. The quantitative estimate of drug-likeness (QED) is 0.587. The van der Waals surface area contributed by atoms with Crippen LogP contribution in [0.15, 0.2) is 33.1 Å². The third-order valence-corrected chi connectivity index (χ3v) is 4.64. The highest BCUT2D eigenvalue weighted by molar-refractivity contribution is 8.14. The molecule has 0 radical (unpaired) electrons. The van der Waals surface area contributed by atoms with Gasteiger partial charge in [0.15, 0.2) is 18.0 Å². The van der Waals surface area contributed by atoms with Gasteiger partial charge in [0.2, 0.25) is 0 Å². The molecule has 0 N–H and O–H groups in total. The van der Waals surface area contributed by atoms with Crippen molar-refractivity contribution in [2.45, 2.75) is 0 Å². The Morgan fingerprint density at radius 1 is 1.29 bits per heavy atom. The van der Waals surface area contributed by atoms with Crippen molar-refractivity contribution in [1.29, 1.82) is 0 Å². The molecule has 0 aliphatic carbocycles. The van der Waals surface area contributed by atoms with Crippen molar-refractivity contribution in [1.82, 2.24) is 3.71 Å². The monoisotopic (exact) mass is 327 g/mol. The van der Waals surface area contributed by atoms with Crippen LogP contribution in [0.3, 0.4) is 0 Å². The molecule has 1 aliphatic heterocycles. The van der Waals surface area contributed by atoms with Crippen molar-refractivity contribution in [3.8, 4) is 5.75 Å². The Morgan fingerprint density at radius 2 is 2.00 bits per heavy atom. The zero-order chi connectivity index (χ0) is 12.4. The Morgan fingerprint density at radius 3 is 2.71 bits per heavy atom. The number of para-hydroxylation sites is 1. The van der Waals surface area contributed by atoms with Gasteiger partial charge in [-0.3, -0.25) is 4.79 Å². The van der Waals surface area contributed by atoms with Crippen LogP contribution in [0.1, 0.15) is 10.4 Å². The number of hydrogen-bond acceptors (Lipinski definition) is 4. The molecule has 0 saturated carbocycles. The molecule has 1 heterocycles. The van der Waals surface area contributed by atoms with Gasteiger partial charge in [-0.25, -0.2) is 0 Å². The van der Waals surface area contributed by atoms with E-state index in [1.807, 2.05) is 0 Å². The summed E-state index contributed by atoms with van der Waals surface area (Å²) in [4.78, 5) is 12.0. The van der Waals surface area contributed by atoms with Crippen molar-refractivity contribution < 1.29 is 8.98 Å². The smallest absolute Gasteiger partial charge is 0.280 e. The summed E-state index contributed by atoms with van der Waals surface area (Å²) in [6.07, 6.45) is 0. The van der Waals surface area contributed by atoms with Crippen LogP contribution in [0.5, 0.6) is 5.75 Å². The van der Waals surface area contributed by atoms with Gasteiger partial charge in [-0.05, 0) is 12.1 Å². The molecular formula is C9H4Cl3NO2S2. The summed E-state index contributed by atoms with van der Waals surface area (Å²) in [5, 5.41) is 0. The molecule has 0 saturated heterocycles. The topological polar surface area (TPSA) is 29.5 Å². The van der Waals surface area contributed by atoms with Gasteiger partial charge in [0.25, 0.3) is 5.91 Å². The normalized spacial score (nSPS) is 14.1. The molecule has 1 aromatic carbocycles. The maximum atomic E-state index is 12.0. The Kier molecular flexibility index (Phi) is 4.38. The summed E-state index contributed by atoms with van der Waals surface area (Å²) < 4.78 is 6.59. The van der Waals surface area contributed by atoms with E-state index in [-0.39, 0.29) is 14.8 Å². The highest BCUT2D eigenvalue weighted by Gasteiger charge is 2.29. The molecule has 90 valence electrons. The number of nitrogens with zero attached hydrogens (tertiary/aromatic N) is 1. The van der Waals surface area contributed by atoms with Crippen molar-refractivity contribution in [2.24, 2.45) is 0 Å². The number of benzene rings is 1. The van der Waals surface area contributed by atoms with Gasteiger partial charge in [-0.2, -0.15) is 3.71 Å². The predicted molar refractivity (Wildman–Crippen MR) is 73.0 cm³/mol. The summed E-state index contributed by atoms with van der Waals surface area (Å²) in [5.41, 5.74) is 0.467. The molecular weight excluding hydrogens is 325 g/mol. The Labute approximate surface area is 122 Å². The maximum absolute atomic E-state index is 12.0. The number of halogens is 3. The molecule has 3 nitrogen and oxygen atoms in total. The summed E-state index contributed by atoms with van der Waals surface area (Å²) in [6.45, 7) is 0. The fraction of sp³-hybridized carbons (Fsp3) is 0. The minimum atomic E-state index is -0.227. The second-order valence-corrected chi connectivity index (χ2v) is 6.26. The van der Waals surface area contributed by atoms with Crippen LogP contribution < -0.4 is 4.18 Å². The third kappa shape index (κ3) is 2.98. The highest BCUT2D eigenvalue weighted by Crippen LogP contribution is 2.41. The summed E-state index contributed by atoms with van der Waals surface area (Å²) in [5.74, 6) is 0.297. The number of fused-ring (bicyclic) bond motifs is 1. The second-order valence-electron chi connectivity index (χ2n) is 2.84. The molecule has 0 atom stereocenters. The number of carbonyl (C=O) groups is 1. The molecule has 0 aromatic heterocycles. The van der Waals surface area contributed by atoms with E-state index in [2.05, 4.69) is 0 Å². The largest absolute Gasteiger partial charge is 0.404 e. The number of carbonyl (C=O) groups excluding carboxylic acids is 1. The fourth-order valence-corrected chi connectivity index (χ4v) is 2.91. The Bertz CT molecular complexity index is 491. The molecule has 0 unspecified atom stereocenters. The number of amides is 1. The maximum Gasteiger partial charge on any atom is 0.280 e. The van der Waals surface area contributed by atoms with E-state index in [0.29, 0.717) is 11.3 Å². The molecule has 0 bridgehead atoms. The van der Waals surface area contributed by atoms with Gasteiger partial charge >= 0.3 is 0 Å². The van der Waals surface area contributed by atoms with Crippen molar-refractivity contribution in [2.75, 3.05) is 0 Å². The van der Waals surface area contributed by atoms with E-state index in [0.717, 1.165) is 24.2 Å². The van der Waals surface area contributed by atoms with Crippen LogP contribution in [0.2, 0.25) is 0 Å². The van der Waals surface area contributed by atoms with Crippen LogP contribution in [0.4, 0.5) is 0 Å². The molecule has 1 aromatic rings. The molecule has 1 amide bonds. The van der Waals surface area contributed by atoms with Gasteiger partial charge in [0.1, 0.15) is 8.86 Å². The molecule has 0 fully saturated rings. The van der Waals surface area contributed by atoms with Gasteiger partial charge in [0.05, 0.1) is 5.56 Å². The third-order valence-electron chi connectivity index (χ3n) is 1.79. The second kappa shape index (κ2) is 5.63. The van der Waals surface area contributed by atoms with Crippen LogP contribution in [-0.2, 0) is 0 Å². The zero-order valence-electron chi connectivity index (χ0n) is 8.02. The van der Waals surface area contributed by atoms with Crippen LogP contribution in [-0.4, -0.2) is 9.62 Å². The Balaban J connectivity index is 2.21. The van der Waals surface area contributed by atoms with Gasteiger partial charge in [-0.1, -0.05) is 46.9 Å². The predicted octanol–water partition coefficient (Wildman–Crippen LogP) is 4.58. The van der Waals surface area contributed by atoms with Gasteiger partial charge in [0, 0.05) is 11.9 Å². The SMILES string of the molecule is O=C1c2ccccc2OSN1SC(Cl)=C(Cl)Cl. The fourth-order valence-electron chi connectivity index (χ4n) is 1.09. The average molecular weight is 329 g/mol. The number of hydrogen-bond donors (Lipinski definition) is 0. The summed E-state index contributed by atoms with van der Waals surface area (Å²) in [7, 11) is 0. The lowest BCUT2D eigenvalue weighted by molar-refractivity contribution is 0.0923. The van der Waals surface area contributed by atoms with Crippen LogP contribution >= 0.6 is 59.0 Å².